The lowest BCUT2D eigenvalue weighted by molar-refractivity contribution is -0.167. The summed E-state index contributed by atoms with van der Waals surface area (Å²) in [6, 6.07) is 0. The number of carbonyl (C=O) groups is 3. The maximum absolute atomic E-state index is 13.0. The Kier molecular flexibility index (Phi) is 65.4. The fraction of sp³-hybridized carbons (Fsp3) is 0.623. The Morgan fingerprint density at radius 3 is 0.735 bits per heavy atom. The van der Waals surface area contributed by atoms with Crippen molar-refractivity contribution in [3.63, 3.8) is 0 Å². The molecule has 6 heteroatoms. The second-order valence-electron chi connectivity index (χ2n) is 22.0. The van der Waals surface area contributed by atoms with Crippen LogP contribution in [0.5, 0.6) is 0 Å². The van der Waals surface area contributed by atoms with Crippen molar-refractivity contribution >= 4 is 17.9 Å². The second kappa shape index (κ2) is 69.5. The van der Waals surface area contributed by atoms with E-state index < -0.39 is 6.10 Å². The minimum absolute atomic E-state index is 0.103. The van der Waals surface area contributed by atoms with Gasteiger partial charge in [0.1, 0.15) is 13.2 Å². The van der Waals surface area contributed by atoms with Crippen LogP contribution in [-0.4, -0.2) is 37.2 Å². The number of esters is 3. The number of ether oxygens (including phenoxy) is 3. The summed E-state index contributed by atoms with van der Waals surface area (Å²) in [5.41, 5.74) is 0. The van der Waals surface area contributed by atoms with Crippen LogP contribution in [-0.2, 0) is 28.6 Å². The van der Waals surface area contributed by atoms with Gasteiger partial charge in [-0.05, 0) is 148 Å². The third kappa shape index (κ3) is 67.7. The standard InChI is InChI=1S/C77H124O6/c1-4-7-10-13-16-19-22-25-28-31-34-36-38-40-43-46-49-52-55-58-61-64-67-70-76(79)82-73-74(72-81-75(78)69-66-63-60-57-54-51-48-45-42-33-30-27-24-21-18-15-12-9-6-3)83-77(80)71-68-65-62-59-56-53-50-47-44-41-39-37-35-32-29-26-23-20-17-14-11-8-5-2/h7,9-10,12,16,18-19,21,23,25-28,30,32,34-36,39-43,45,49,52,74H,4-6,8,11,13-15,17,20,22,24,29,31,33,37-38,44,46-48,50-51,53-73H2,1-3H3/b10-7-,12-9-,19-16-,21-18-,26-23-,28-25-,30-27-,35-32-,36-34-,41-39-,43-40-,45-42-,52-49-. The van der Waals surface area contributed by atoms with Gasteiger partial charge in [0.15, 0.2) is 6.10 Å². The number of allylic oxidation sites excluding steroid dienone is 26. The number of hydrogen-bond acceptors (Lipinski definition) is 6. The molecular weight excluding hydrogens is 1020 g/mol. The van der Waals surface area contributed by atoms with Gasteiger partial charge in [0.05, 0.1) is 0 Å². The van der Waals surface area contributed by atoms with Gasteiger partial charge in [-0.25, -0.2) is 0 Å². The highest BCUT2D eigenvalue weighted by Crippen LogP contribution is 2.15. The maximum Gasteiger partial charge on any atom is 0.306 e. The van der Waals surface area contributed by atoms with Crippen molar-refractivity contribution in [2.75, 3.05) is 13.2 Å². The molecule has 0 rings (SSSR count). The predicted molar refractivity (Wildman–Crippen MR) is 362 cm³/mol. The van der Waals surface area contributed by atoms with Crippen LogP contribution in [0.25, 0.3) is 0 Å². The van der Waals surface area contributed by atoms with E-state index in [1.165, 1.54) is 83.5 Å². The van der Waals surface area contributed by atoms with E-state index in [1.54, 1.807) is 0 Å². The molecule has 0 aliphatic rings. The zero-order valence-corrected chi connectivity index (χ0v) is 53.7. The van der Waals surface area contributed by atoms with E-state index in [-0.39, 0.29) is 31.1 Å². The van der Waals surface area contributed by atoms with Gasteiger partial charge in [-0.3, -0.25) is 14.4 Å². The molecule has 468 valence electrons. The van der Waals surface area contributed by atoms with Crippen molar-refractivity contribution in [3.05, 3.63) is 158 Å². The van der Waals surface area contributed by atoms with E-state index in [1.807, 2.05) is 0 Å². The van der Waals surface area contributed by atoms with Crippen molar-refractivity contribution in [2.24, 2.45) is 0 Å². The molecule has 0 aromatic rings. The van der Waals surface area contributed by atoms with E-state index in [2.05, 4.69) is 179 Å². The number of rotatable bonds is 60. The molecule has 0 amide bonds. The molecule has 0 aromatic carbocycles. The zero-order chi connectivity index (χ0) is 59.9. The van der Waals surface area contributed by atoms with Gasteiger partial charge in [0, 0.05) is 19.3 Å². The van der Waals surface area contributed by atoms with E-state index >= 15 is 0 Å². The van der Waals surface area contributed by atoms with E-state index in [0.717, 1.165) is 167 Å². The highest BCUT2D eigenvalue weighted by Gasteiger charge is 2.19. The van der Waals surface area contributed by atoms with Crippen molar-refractivity contribution in [3.8, 4) is 0 Å². The molecular formula is C77H124O6. The molecule has 0 saturated heterocycles. The monoisotopic (exact) mass is 1140 g/mol. The lowest BCUT2D eigenvalue weighted by Gasteiger charge is -2.18. The molecule has 0 aliphatic carbocycles. The molecule has 6 nitrogen and oxygen atoms in total. The summed E-state index contributed by atoms with van der Waals surface area (Å²) in [6.45, 7) is 6.37. The third-order valence-electron chi connectivity index (χ3n) is 14.0. The van der Waals surface area contributed by atoms with Gasteiger partial charge in [0.25, 0.3) is 0 Å². The highest BCUT2D eigenvalue weighted by atomic mass is 16.6. The smallest absolute Gasteiger partial charge is 0.306 e. The molecule has 83 heavy (non-hydrogen) atoms. The molecule has 0 spiro atoms. The Morgan fingerprint density at radius 1 is 0.253 bits per heavy atom. The molecule has 0 heterocycles. The van der Waals surface area contributed by atoms with Gasteiger partial charge >= 0.3 is 17.9 Å². The summed E-state index contributed by atoms with van der Waals surface area (Å²) in [5.74, 6) is -0.947. The first-order valence-corrected chi connectivity index (χ1v) is 34.0. The predicted octanol–water partition coefficient (Wildman–Crippen LogP) is 23.7. The van der Waals surface area contributed by atoms with Gasteiger partial charge in [-0.2, -0.15) is 0 Å². The highest BCUT2D eigenvalue weighted by molar-refractivity contribution is 5.71. The maximum atomic E-state index is 13.0. The lowest BCUT2D eigenvalue weighted by Crippen LogP contribution is -2.30. The molecule has 0 radical (unpaired) electrons. The first kappa shape index (κ1) is 78.0. The molecule has 1 unspecified atom stereocenters. The van der Waals surface area contributed by atoms with Crippen LogP contribution in [0.1, 0.15) is 290 Å². The summed E-state index contributed by atoms with van der Waals surface area (Å²) in [6.07, 6.45) is 101. The summed E-state index contributed by atoms with van der Waals surface area (Å²) < 4.78 is 16.9. The van der Waals surface area contributed by atoms with Crippen LogP contribution >= 0.6 is 0 Å². The second-order valence-corrected chi connectivity index (χ2v) is 22.0. The third-order valence-corrected chi connectivity index (χ3v) is 14.0. The average Bonchev–Trinajstić information content (AvgIpc) is 3.49. The van der Waals surface area contributed by atoms with Gasteiger partial charge in [-0.1, -0.05) is 281 Å². The minimum atomic E-state index is -0.810. The number of hydrogen-bond donors (Lipinski definition) is 0. The van der Waals surface area contributed by atoms with Crippen molar-refractivity contribution in [1.82, 2.24) is 0 Å². The van der Waals surface area contributed by atoms with E-state index in [0.29, 0.717) is 19.3 Å². The first-order valence-electron chi connectivity index (χ1n) is 34.0. The molecule has 0 aromatic heterocycles. The minimum Gasteiger partial charge on any atom is -0.462 e. The molecule has 0 aliphatic heterocycles. The zero-order valence-electron chi connectivity index (χ0n) is 53.7. The number of carbonyl (C=O) groups excluding carboxylic acids is 3. The Bertz CT molecular complexity index is 1840. The van der Waals surface area contributed by atoms with Crippen LogP contribution in [0.3, 0.4) is 0 Å². The average molecular weight is 1150 g/mol. The fourth-order valence-electron chi connectivity index (χ4n) is 8.97. The van der Waals surface area contributed by atoms with Crippen molar-refractivity contribution in [1.29, 1.82) is 0 Å². The largest absolute Gasteiger partial charge is 0.462 e. The van der Waals surface area contributed by atoms with Gasteiger partial charge in [-0.15, -0.1) is 0 Å². The normalized spacial score (nSPS) is 13.1. The number of unbranched alkanes of at least 4 members (excludes halogenated alkanes) is 23. The first-order chi connectivity index (χ1) is 41.0. The summed E-state index contributed by atoms with van der Waals surface area (Å²) >= 11 is 0. The molecule has 0 N–H and O–H groups in total. The molecule has 1 atom stereocenters. The van der Waals surface area contributed by atoms with E-state index in [4.69, 9.17) is 14.2 Å². The van der Waals surface area contributed by atoms with Gasteiger partial charge < -0.3 is 14.2 Å². The van der Waals surface area contributed by atoms with Crippen LogP contribution in [0, 0.1) is 0 Å². The summed E-state index contributed by atoms with van der Waals surface area (Å²) in [7, 11) is 0. The van der Waals surface area contributed by atoms with Gasteiger partial charge in [0.2, 0.25) is 0 Å². The SMILES string of the molecule is CC/C=C\C/C=C\C/C=C\C/C=C\C/C=C\C/C=C\CCCCCCC(=O)OCC(COC(=O)CCCCCCCC/C=C\C/C=C\C/C=C\C/C=C\CC)OC(=O)CCCCCCCCCC/C=C\C/C=C\C/C=C\CCCCCCC. The van der Waals surface area contributed by atoms with Crippen LogP contribution in [0.4, 0.5) is 0 Å². The van der Waals surface area contributed by atoms with Crippen molar-refractivity contribution < 1.29 is 28.6 Å². The Morgan fingerprint density at radius 2 is 0.470 bits per heavy atom. The van der Waals surface area contributed by atoms with E-state index in [9.17, 15) is 14.4 Å². The lowest BCUT2D eigenvalue weighted by atomic mass is 10.1. The molecule has 0 bridgehead atoms. The Labute approximate surface area is 511 Å². The fourth-order valence-corrected chi connectivity index (χ4v) is 8.97. The quantitative estimate of drug-likeness (QED) is 0.0261. The van der Waals surface area contributed by atoms with Crippen LogP contribution in [0.2, 0.25) is 0 Å². The molecule has 0 saturated carbocycles. The van der Waals surface area contributed by atoms with Crippen LogP contribution < -0.4 is 0 Å². The Hall–Kier alpha value is -4.97. The van der Waals surface area contributed by atoms with Crippen molar-refractivity contribution in [2.45, 2.75) is 297 Å². The Balaban J connectivity index is 4.51. The molecule has 0 fully saturated rings. The van der Waals surface area contributed by atoms with Crippen LogP contribution in [0.15, 0.2) is 158 Å². The summed E-state index contributed by atoms with van der Waals surface area (Å²) in [5, 5.41) is 0. The summed E-state index contributed by atoms with van der Waals surface area (Å²) in [4.78, 5) is 38.5. The topological polar surface area (TPSA) is 78.9 Å².